The first-order valence-electron chi connectivity index (χ1n) is 9.64. The second-order valence-corrected chi connectivity index (χ2v) is 7.01. The number of aryl methyl sites for hydroxylation is 1. The summed E-state index contributed by atoms with van der Waals surface area (Å²) in [5.41, 5.74) is 0.885. The third-order valence-corrected chi connectivity index (χ3v) is 5.01. The van der Waals surface area contributed by atoms with Crippen molar-refractivity contribution in [2.75, 3.05) is 26.4 Å². The monoisotopic (exact) mass is 426 g/mol. The molecule has 1 amide bonds. The van der Waals surface area contributed by atoms with Gasteiger partial charge in [0.2, 0.25) is 0 Å². The van der Waals surface area contributed by atoms with Crippen molar-refractivity contribution < 1.29 is 29.5 Å². The number of nitro benzene ring substituents is 1. The number of amides is 1. The summed E-state index contributed by atoms with van der Waals surface area (Å²) in [6.07, 6.45) is 0. The van der Waals surface area contributed by atoms with Crippen LogP contribution in [0.5, 0.6) is 0 Å². The molecule has 9 heteroatoms. The Labute approximate surface area is 178 Å². The van der Waals surface area contributed by atoms with E-state index in [1.54, 1.807) is 30.3 Å². The van der Waals surface area contributed by atoms with Gasteiger partial charge in [-0.2, -0.15) is 0 Å². The lowest BCUT2D eigenvalue weighted by Crippen LogP contribution is -2.33. The molecule has 3 rings (SSSR count). The number of aliphatic hydroxyl groups excluding tert-OH is 2. The van der Waals surface area contributed by atoms with Crippen LogP contribution in [-0.2, 0) is 14.3 Å². The number of ketones is 1. The summed E-state index contributed by atoms with van der Waals surface area (Å²) in [4.78, 5) is 37.9. The van der Waals surface area contributed by atoms with Crippen LogP contribution in [0, 0.1) is 17.0 Å². The summed E-state index contributed by atoms with van der Waals surface area (Å²) in [5.74, 6) is -2.21. The van der Waals surface area contributed by atoms with E-state index in [1.807, 2.05) is 6.92 Å². The van der Waals surface area contributed by atoms with Gasteiger partial charge in [0, 0.05) is 18.2 Å². The van der Waals surface area contributed by atoms with Crippen LogP contribution in [0.4, 0.5) is 5.69 Å². The summed E-state index contributed by atoms with van der Waals surface area (Å²) < 4.78 is 5.22. The number of hydrogen-bond acceptors (Lipinski definition) is 7. The predicted octanol–water partition coefficient (Wildman–Crippen LogP) is 2.33. The molecule has 2 aromatic carbocycles. The van der Waals surface area contributed by atoms with E-state index in [1.165, 1.54) is 18.2 Å². The second kappa shape index (κ2) is 9.50. The Kier molecular flexibility index (Phi) is 6.78. The van der Waals surface area contributed by atoms with Gasteiger partial charge in [0.1, 0.15) is 5.76 Å². The average molecular weight is 426 g/mol. The van der Waals surface area contributed by atoms with Crippen molar-refractivity contribution in [3.63, 3.8) is 0 Å². The highest BCUT2D eigenvalue weighted by Crippen LogP contribution is 2.42. The molecule has 0 aliphatic carbocycles. The van der Waals surface area contributed by atoms with Crippen LogP contribution in [0.1, 0.15) is 22.7 Å². The third-order valence-electron chi connectivity index (χ3n) is 5.01. The lowest BCUT2D eigenvalue weighted by Gasteiger charge is -2.25. The van der Waals surface area contributed by atoms with E-state index in [0.29, 0.717) is 5.56 Å². The SMILES string of the molecule is Cc1ccc(/C(O)=C2\C(=O)C(=O)N(CCOCCO)C2c2ccccc2[N+](=O)[O-])cc1. The van der Waals surface area contributed by atoms with Gasteiger partial charge in [-0.1, -0.05) is 42.0 Å². The molecule has 0 radical (unpaired) electrons. The van der Waals surface area contributed by atoms with E-state index in [-0.39, 0.29) is 43.2 Å². The first kappa shape index (κ1) is 22.1. The van der Waals surface area contributed by atoms with Crippen molar-refractivity contribution in [1.82, 2.24) is 4.90 Å². The molecule has 0 saturated carbocycles. The number of carbonyl (C=O) groups excluding carboxylic acids is 2. The van der Waals surface area contributed by atoms with Crippen LogP contribution in [0.3, 0.4) is 0 Å². The average Bonchev–Trinajstić information content (AvgIpc) is 3.01. The van der Waals surface area contributed by atoms with Crippen molar-refractivity contribution >= 4 is 23.1 Å². The van der Waals surface area contributed by atoms with Crippen LogP contribution in [0.25, 0.3) is 5.76 Å². The number of Topliss-reactive ketones (excluding diaryl/α,β-unsaturated/α-hetero) is 1. The number of likely N-dealkylation sites (tertiary alicyclic amines) is 1. The Morgan fingerprint density at radius 1 is 1.13 bits per heavy atom. The molecular formula is C22H22N2O7. The third kappa shape index (κ3) is 4.47. The maximum absolute atomic E-state index is 12.9. The Bertz CT molecular complexity index is 1030. The van der Waals surface area contributed by atoms with Crippen LogP contribution < -0.4 is 0 Å². The Hall–Kier alpha value is -3.56. The molecule has 1 aliphatic rings. The number of aliphatic hydroxyl groups is 2. The van der Waals surface area contributed by atoms with Crippen molar-refractivity contribution in [2.24, 2.45) is 0 Å². The number of nitro groups is 1. The molecule has 31 heavy (non-hydrogen) atoms. The first-order chi connectivity index (χ1) is 14.9. The maximum Gasteiger partial charge on any atom is 0.295 e. The summed E-state index contributed by atoms with van der Waals surface area (Å²) in [5, 5.41) is 31.4. The highest BCUT2D eigenvalue weighted by Gasteiger charge is 2.47. The zero-order valence-corrected chi connectivity index (χ0v) is 16.9. The minimum Gasteiger partial charge on any atom is -0.507 e. The van der Waals surface area contributed by atoms with Gasteiger partial charge in [0.25, 0.3) is 17.4 Å². The molecule has 1 aliphatic heterocycles. The number of hydrogen-bond donors (Lipinski definition) is 2. The van der Waals surface area contributed by atoms with E-state index in [0.717, 1.165) is 10.5 Å². The Morgan fingerprint density at radius 2 is 1.81 bits per heavy atom. The van der Waals surface area contributed by atoms with Gasteiger partial charge in [0.05, 0.1) is 41.9 Å². The van der Waals surface area contributed by atoms with E-state index < -0.39 is 28.4 Å². The summed E-state index contributed by atoms with van der Waals surface area (Å²) in [6.45, 7) is 1.66. The van der Waals surface area contributed by atoms with Crippen molar-refractivity contribution in [3.05, 3.63) is 80.9 Å². The van der Waals surface area contributed by atoms with Gasteiger partial charge >= 0.3 is 0 Å². The number of ether oxygens (including phenoxy) is 1. The van der Waals surface area contributed by atoms with Gasteiger partial charge in [0.15, 0.2) is 0 Å². The fraction of sp³-hybridized carbons (Fsp3) is 0.273. The molecule has 9 nitrogen and oxygen atoms in total. The summed E-state index contributed by atoms with van der Waals surface area (Å²) in [6, 6.07) is 11.3. The first-order valence-corrected chi connectivity index (χ1v) is 9.64. The predicted molar refractivity (Wildman–Crippen MR) is 111 cm³/mol. The van der Waals surface area contributed by atoms with E-state index >= 15 is 0 Å². The van der Waals surface area contributed by atoms with Gasteiger partial charge < -0.3 is 19.8 Å². The molecular weight excluding hydrogens is 404 g/mol. The van der Waals surface area contributed by atoms with Gasteiger partial charge in [-0.25, -0.2) is 0 Å². The fourth-order valence-electron chi connectivity index (χ4n) is 3.52. The summed E-state index contributed by atoms with van der Waals surface area (Å²) in [7, 11) is 0. The van der Waals surface area contributed by atoms with Gasteiger partial charge in [-0.15, -0.1) is 0 Å². The topological polar surface area (TPSA) is 130 Å². The molecule has 2 aromatic rings. The maximum atomic E-state index is 12.9. The highest BCUT2D eigenvalue weighted by atomic mass is 16.6. The number of nitrogens with zero attached hydrogens (tertiary/aromatic N) is 2. The normalized spacial score (nSPS) is 17.9. The van der Waals surface area contributed by atoms with Gasteiger partial charge in [-0.05, 0) is 13.0 Å². The molecule has 1 atom stereocenters. The van der Waals surface area contributed by atoms with Crippen LogP contribution >= 0.6 is 0 Å². The standard InChI is InChI=1S/C22H22N2O7/c1-14-6-8-15(9-7-14)20(26)18-19(16-4-2-3-5-17(16)24(29)30)23(22(28)21(18)27)10-12-31-13-11-25/h2-9,19,25-26H,10-13H2,1H3/b20-18+. The molecule has 2 N–H and O–H groups in total. The molecule has 1 fully saturated rings. The number of carbonyl (C=O) groups is 2. The van der Waals surface area contributed by atoms with Crippen LogP contribution in [-0.4, -0.2) is 58.1 Å². The molecule has 1 saturated heterocycles. The Balaban J connectivity index is 2.15. The molecule has 0 aromatic heterocycles. The Morgan fingerprint density at radius 3 is 2.45 bits per heavy atom. The zero-order valence-electron chi connectivity index (χ0n) is 16.9. The number of rotatable bonds is 8. The quantitative estimate of drug-likeness (QED) is 0.165. The highest BCUT2D eigenvalue weighted by molar-refractivity contribution is 6.46. The number of para-hydroxylation sites is 1. The van der Waals surface area contributed by atoms with E-state index in [9.17, 15) is 24.8 Å². The lowest BCUT2D eigenvalue weighted by molar-refractivity contribution is -0.385. The molecule has 0 spiro atoms. The largest absolute Gasteiger partial charge is 0.507 e. The van der Waals surface area contributed by atoms with Crippen molar-refractivity contribution in [3.8, 4) is 0 Å². The summed E-state index contributed by atoms with van der Waals surface area (Å²) >= 11 is 0. The minimum absolute atomic E-state index is 0.00921. The van der Waals surface area contributed by atoms with Crippen LogP contribution in [0.15, 0.2) is 54.1 Å². The van der Waals surface area contributed by atoms with Crippen molar-refractivity contribution in [2.45, 2.75) is 13.0 Å². The number of benzene rings is 2. The molecule has 1 heterocycles. The van der Waals surface area contributed by atoms with E-state index in [2.05, 4.69) is 0 Å². The van der Waals surface area contributed by atoms with E-state index in [4.69, 9.17) is 9.84 Å². The van der Waals surface area contributed by atoms with Crippen LogP contribution in [0.2, 0.25) is 0 Å². The van der Waals surface area contributed by atoms with Crippen molar-refractivity contribution in [1.29, 1.82) is 0 Å². The molecule has 0 bridgehead atoms. The lowest BCUT2D eigenvalue weighted by atomic mass is 9.94. The van der Waals surface area contributed by atoms with Gasteiger partial charge in [-0.3, -0.25) is 19.7 Å². The minimum atomic E-state index is -1.15. The fourth-order valence-corrected chi connectivity index (χ4v) is 3.52. The smallest absolute Gasteiger partial charge is 0.295 e. The molecule has 1 unspecified atom stereocenters. The molecule has 162 valence electrons. The second-order valence-electron chi connectivity index (χ2n) is 7.01. The zero-order chi connectivity index (χ0) is 22.5.